The molecule has 5 nitrogen and oxygen atoms in total. The third-order valence-corrected chi connectivity index (χ3v) is 5.51. The molecule has 0 spiro atoms. The molecule has 2 aromatic carbocycles. The Hall–Kier alpha value is -2.91. The van der Waals surface area contributed by atoms with Crippen molar-refractivity contribution in [3.05, 3.63) is 75.9 Å². The summed E-state index contributed by atoms with van der Waals surface area (Å²) in [5.74, 6) is -0.981. The van der Waals surface area contributed by atoms with Gasteiger partial charge in [-0.15, -0.1) is 0 Å². The maximum Gasteiger partial charge on any atom is 0.347 e. The van der Waals surface area contributed by atoms with Gasteiger partial charge in [0.1, 0.15) is 0 Å². The highest BCUT2D eigenvalue weighted by molar-refractivity contribution is 7.60. The van der Waals surface area contributed by atoms with Gasteiger partial charge < -0.3 is 4.74 Å². The molecule has 0 amide bonds. The predicted octanol–water partition coefficient (Wildman–Crippen LogP) is 4.43. The normalized spacial score (nSPS) is 15.9. The Kier molecular flexibility index (Phi) is 5.96. The number of benzene rings is 2. The summed E-state index contributed by atoms with van der Waals surface area (Å²) in [6, 6.07) is 10.6. The van der Waals surface area contributed by atoms with Crippen LogP contribution in [0.15, 0.2) is 42.5 Å². The van der Waals surface area contributed by atoms with Crippen LogP contribution in [0.4, 0.5) is 0 Å². The molecule has 0 bridgehead atoms. The number of hydrogen-bond donors (Lipinski definition) is 0. The van der Waals surface area contributed by atoms with Gasteiger partial charge in [-0.3, -0.25) is 9.59 Å². The number of fused-ring (bicyclic) bond motifs is 2. The number of rotatable bonds is 2. The number of carbonyl (C=O) groups excluding carboxylic acids is 4. The van der Waals surface area contributed by atoms with Crippen molar-refractivity contribution in [1.29, 1.82) is 0 Å². The fourth-order valence-electron chi connectivity index (χ4n) is 3.00. The van der Waals surface area contributed by atoms with Crippen LogP contribution in [0.2, 0.25) is 0 Å². The number of esters is 2. The highest BCUT2D eigenvalue weighted by atomic mass is 31.1. The van der Waals surface area contributed by atoms with Crippen LogP contribution in [-0.2, 0) is 4.74 Å². The number of aryl methyl sites for hydroxylation is 1. The van der Waals surface area contributed by atoms with Crippen molar-refractivity contribution in [3.8, 4) is 0 Å². The smallest absolute Gasteiger partial charge is 0.347 e. The Bertz CT molecular complexity index is 1020. The highest BCUT2D eigenvalue weighted by Crippen LogP contribution is 2.30. The summed E-state index contributed by atoms with van der Waals surface area (Å²) in [5, 5.41) is 0. The van der Waals surface area contributed by atoms with Crippen LogP contribution < -0.4 is 0 Å². The Morgan fingerprint density at radius 2 is 1.79 bits per heavy atom. The van der Waals surface area contributed by atoms with Gasteiger partial charge in [0.15, 0.2) is 11.3 Å². The topological polar surface area (TPSA) is 77.5 Å². The Labute approximate surface area is 164 Å². The molecule has 2 heterocycles. The first-order valence-corrected chi connectivity index (χ1v) is 10.1. The zero-order valence-electron chi connectivity index (χ0n) is 15.6. The average molecular weight is 394 g/mol. The number of ether oxygens (including phenoxy) is 1. The molecule has 142 valence electrons. The molecule has 1 atom stereocenters. The van der Waals surface area contributed by atoms with Crippen molar-refractivity contribution in [2.45, 2.75) is 20.3 Å². The predicted molar refractivity (Wildman–Crippen MR) is 109 cm³/mol. The molecule has 2 aliphatic rings. The molecule has 0 aromatic heterocycles. The van der Waals surface area contributed by atoms with Crippen LogP contribution in [-0.4, -0.2) is 29.4 Å². The largest absolute Gasteiger partial charge is 0.386 e. The first-order valence-electron chi connectivity index (χ1n) is 8.90. The van der Waals surface area contributed by atoms with E-state index in [9.17, 15) is 19.2 Å². The summed E-state index contributed by atoms with van der Waals surface area (Å²) in [7, 11) is 0.109. The zero-order chi connectivity index (χ0) is 20.3. The first-order chi connectivity index (χ1) is 13.4. The van der Waals surface area contributed by atoms with Gasteiger partial charge in [-0.2, -0.15) is 0 Å². The molecule has 0 fully saturated rings. The van der Waals surface area contributed by atoms with Crippen molar-refractivity contribution in [3.63, 3.8) is 0 Å². The summed E-state index contributed by atoms with van der Waals surface area (Å²) in [6.45, 7) is 3.84. The second kappa shape index (κ2) is 8.41. The standard InChI is InChI=1S/C13H13O2P.C9H6O3/c1-2-3-4-9-5-6-10-11(7-9)13(15)16-8-12(10)14;1-5-3-2-4-6-7(5)9(11)12-8(6)10/h3-7,16H,2,8H2,1H3;2-4H,1H3. The van der Waals surface area contributed by atoms with E-state index in [1.807, 2.05) is 24.3 Å². The molecule has 0 saturated heterocycles. The molecule has 2 aromatic rings. The molecule has 6 heteroatoms. The molecule has 0 radical (unpaired) electrons. The van der Waals surface area contributed by atoms with E-state index in [0.29, 0.717) is 28.4 Å². The van der Waals surface area contributed by atoms with Gasteiger partial charge in [0.2, 0.25) is 0 Å². The monoisotopic (exact) mass is 394 g/mol. The first kappa shape index (κ1) is 19.8. The highest BCUT2D eigenvalue weighted by Gasteiger charge is 2.30. The van der Waals surface area contributed by atoms with Crippen LogP contribution >= 0.6 is 8.58 Å². The lowest BCUT2D eigenvalue weighted by atomic mass is 10.0. The van der Waals surface area contributed by atoms with Crippen LogP contribution in [0.1, 0.15) is 65.9 Å². The zero-order valence-corrected chi connectivity index (χ0v) is 16.6. The van der Waals surface area contributed by atoms with Crippen molar-refractivity contribution >= 4 is 37.9 Å². The molecule has 0 aliphatic carbocycles. The van der Waals surface area contributed by atoms with E-state index in [0.717, 1.165) is 17.5 Å². The minimum absolute atomic E-state index is 0.0963. The summed E-state index contributed by atoms with van der Waals surface area (Å²) in [6.07, 6.45) is 5.37. The van der Waals surface area contributed by atoms with Crippen LogP contribution in [0, 0.1) is 6.92 Å². The van der Waals surface area contributed by atoms with Crippen molar-refractivity contribution in [1.82, 2.24) is 0 Å². The Morgan fingerprint density at radius 1 is 1.00 bits per heavy atom. The van der Waals surface area contributed by atoms with Gasteiger partial charge in [-0.25, -0.2) is 9.59 Å². The summed E-state index contributed by atoms with van der Waals surface area (Å²) < 4.78 is 4.43. The number of hydrogen-bond acceptors (Lipinski definition) is 5. The van der Waals surface area contributed by atoms with E-state index < -0.39 is 11.9 Å². The molecular weight excluding hydrogens is 375 g/mol. The minimum atomic E-state index is -0.543. The van der Waals surface area contributed by atoms with E-state index >= 15 is 0 Å². The van der Waals surface area contributed by atoms with Crippen molar-refractivity contribution in [2.24, 2.45) is 0 Å². The molecule has 28 heavy (non-hydrogen) atoms. The maximum atomic E-state index is 11.7. The number of allylic oxidation sites excluding steroid dienone is 1. The van der Waals surface area contributed by atoms with E-state index in [1.165, 1.54) is 0 Å². The van der Waals surface area contributed by atoms with Crippen LogP contribution in [0.25, 0.3) is 6.08 Å². The molecule has 1 unspecified atom stereocenters. The lowest BCUT2D eigenvalue weighted by Gasteiger charge is -2.13. The fraction of sp³-hybridized carbons (Fsp3) is 0.182. The third kappa shape index (κ3) is 4.00. The lowest BCUT2D eigenvalue weighted by molar-refractivity contribution is 0.0443. The van der Waals surface area contributed by atoms with E-state index in [2.05, 4.69) is 11.7 Å². The second-order valence-corrected chi connectivity index (χ2v) is 7.56. The fourth-order valence-corrected chi connectivity index (χ4v) is 3.91. The average Bonchev–Trinajstić information content (AvgIpc) is 2.99. The number of ketones is 1. The lowest BCUT2D eigenvalue weighted by Crippen LogP contribution is -2.15. The maximum absolute atomic E-state index is 11.7. The summed E-state index contributed by atoms with van der Waals surface area (Å²) in [4.78, 5) is 45.3. The number of cyclic esters (lactones) is 2. The van der Waals surface area contributed by atoms with Crippen LogP contribution in [0.5, 0.6) is 0 Å². The van der Waals surface area contributed by atoms with Gasteiger partial charge in [0.25, 0.3) is 0 Å². The Balaban J connectivity index is 0.000000167. The van der Waals surface area contributed by atoms with E-state index in [1.54, 1.807) is 31.2 Å². The van der Waals surface area contributed by atoms with Gasteiger partial charge in [-0.1, -0.05) is 43.3 Å². The quantitative estimate of drug-likeness (QED) is 0.428. The number of Topliss-reactive ketones (excluding diaryl/α,β-unsaturated/α-hetero) is 1. The van der Waals surface area contributed by atoms with E-state index in [4.69, 9.17) is 0 Å². The third-order valence-electron chi connectivity index (χ3n) is 4.43. The molecule has 0 saturated carbocycles. The molecular formula is C22H19O5P. The SMILES string of the molecule is CCC=Cc1ccc2c(c1)C(=O)PCC2=O.Cc1cccc2c1C(=O)OC2=O. The molecule has 0 N–H and O–H groups in total. The van der Waals surface area contributed by atoms with Gasteiger partial charge >= 0.3 is 11.9 Å². The van der Waals surface area contributed by atoms with Gasteiger partial charge in [0, 0.05) is 17.3 Å². The summed E-state index contributed by atoms with van der Waals surface area (Å²) in [5.41, 5.74) is 3.87. The summed E-state index contributed by atoms with van der Waals surface area (Å²) >= 11 is 0. The molecule has 2 aliphatic heterocycles. The van der Waals surface area contributed by atoms with Crippen molar-refractivity contribution in [2.75, 3.05) is 6.16 Å². The minimum Gasteiger partial charge on any atom is -0.386 e. The Morgan fingerprint density at radius 3 is 2.50 bits per heavy atom. The second-order valence-electron chi connectivity index (χ2n) is 6.40. The van der Waals surface area contributed by atoms with Crippen molar-refractivity contribution < 1.29 is 23.9 Å². The van der Waals surface area contributed by atoms with Gasteiger partial charge in [0.05, 0.1) is 11.1 Å². The number of carbonyl (C=O) groups is 4. The van der Waals surface area contributed by atoms with Crippen LogP contribution in [0.3, 0.4) is 0 Å². The van der Waals surface area contributed by atoms with Gasteiger partial charge in [-0.05, 0) is 45.2 Å². The molecule has 4 rings (SSSR count). The van der Waals surface area contributed by atoms with E-state index in [-0.39, 0.29) is 19.9 Å².